The number of aliphatic hydroxyl groups is 1. The second kappa shape index (κ2) is 5.40. The first-order valence-corrected chi connectivity index (χ1v) is 4.86. The molecule has 0 radical (unpaired) electrons. The minimum absolute atomic E-state index is 0.470. The Bertz CT molecular complexity index is 165. The SMILES string of the molecule is C=C(C)C(O)C(C)(CCCC)OC. The van der Waals surface area contributed by atoms with E-state index in [-0.39, 0.29) is 0 Å². The van der Waals surface area contributed by atoms with Crippen LogP contribution in [0.2, 0.25) is 0 Å². The average molecular weight is 186 g/mol. The van der Waals surface area contributed by atoms with Gasteiger partial charge < -0.3 is 9.84 Å². The predicted octanol–water partition coefficient (Wildman–Crippen LogP) is 2.52. The van der Waals surface area contributed by atoms with E-state index in [4.69, 9.17) is 4.74 Å². The highest BCUT2D eigenvalue weighted by Crippen LogP contribution is 2.25. The molecule has 2 unspecified atom stereocenters. The molecule has 0 amide bonds. The van der Waals surface area contributed by atoms with E-state index < -0.39 is 11.7 Å². The van der Waals surface area contributed by atoms with Gasteiger partial charge >= 0.3 is 0 Å². The summed E-state index contributed by atoms with van der Waals surface area (Å²) in [6.45, 7) is 9.64. The van der Waals surface area contributed by atoms with Gasteiger partial charge in [-0.05, 0) is 25.8 Å². The number of hydrogen-bond acceptors (Lipinski definition) is 2. The van der Waals surface area contributed by atoms with E-state index in [1.807, 2.05) is 13.8 Å². The molecule has 0 heterocycles. The van der Waals surface area contributed by atoms with Crippen LogP contribution >= 0.6 is 0 Å². The van der Waals surface area contributed by atoms with Crippen molar-refractivity contribution in [3.05, 3.63) is 12.2 Å². The molecule has 0 aliphatic carbocycles. The van der Waals surface area contributed by atoms with E-state index in [1.54, 1.807) is 7.11 Å². The van der Waals surface area contributed by atoms with Crippen LogP contribution in [-0.2, 0) is 4.74 Å². The van der Waals surface area contributed by atoms with Crippen LogP contribution in [0, 0.1) is 0 Å². The topological polar surface area (TPSA) is 29.5 Å². The molecule has 78 valence electrons. The number of aliphatic hydroxyl groups excluding tert-OH is 1. The van der Waals surface area contributed by atoms with Crippen LogP contribution in [0.1, 0.15) is 40.0 Å². The first-order chi connectivity index (χ1) is 5.98. The Labute approximate surface area is 81.6 Å². The molecule has 0 aromatic carbocycles. The fourth-order valence-electron chi connectivity index (χ4n) is 1.40. The van der Waals surface area contributed by atoms with Crippen molar-refractivity contribution in [1.82, 2.24) is 0 Å². The van der Waals surface area contributed by atoms with E-state index in [9.17, 15) is 5.11 Å². The van der Waals surface area contributed by atoms with E-state index in [2.05, 4.69) is 13.5 Å². The van der Waals surface area contributed by atoms with Crippen LogP contribution in [0.5, 0.6) is 0 Å². The quantitative estimate of drug-likeness (QED) is 0.646. The largest absolute Gasteiger partial charge is 0.386 e. The van der Waals surface area contributed by atoms with E-state index in [1.165, 1.54) is 0 Å². The summed E-state index contributed by atoms with van der Waals surface area (Å²) in [6.07, 6.45) is 2.48. The Morgan fingerprint density at radius 2 is 2.15 bits per heavy atom. The number of ether oxygens (including phenoxy) is 1. The third kappa shape index (κ3) is 3.49. The predicted molar refractivity (Wildman–Crippen MR) is 55.8 cm³/mol. The standard InChI is InChI=1S/C11H22O2/c1-6-7-8-11(4,13-5)10(12)9(2)3/h10,12H,2,6-8H2,1,3-5H3. The normalized spacial score (nSPS) is 17.9. The summed E-state index contributed by atoms with van der Waals surface area (Å²) in [5.41, 5.74) is 0.294. The van der Waals surface area contributed by atoms with Crippen LogP contribution in [0.4, 0.5) is 0 Å². The van der Waals surface area contributed by atoms with Crippen LogP contribution in [-0.4, -0.2) is 23.9 Å². The lowest BCUT2D eigenvalue weighted by Crippen LogP contribution is -2.41. The highest BCUT2D eigenvalue weighted by atomic mass is 16.5. The number of unbranched alkanes of at least 4 members (excludes halogenated alkanes) is 1. The van der Waals surface area contributed by atoms with Crippen molar-refractivity contribution in [2.24, 2.45) is 0 Å². The van der Waals surface area contributed by atoms with Gasteiger partial charge in [0.15, 0.2) is 0 Å². The van der Waals surface area contributed by atoms with E-state index in [0.717, 1.165) is 24.8 Å². The first-order valence-electron chi connectivity index (χ1n) is 4.86. The molecule has 13 heavy (non-hydrogen) atoms. The Morgan fingerprint density at radius 1 is 1.62 bits per heavy atom. The fourth-order valence-corrected chi connectivity index (χ4v) is 1.40. The molecule has 1 N–H and O–H groups in total. The lowest BCUT2D eigenvalue weighted by molar-refractivity contribution is -0.0805. The minimum Gasteiger partial charge on any atom is -0.386 e. The zero-order valence-corrected chi connectivity index (χ0v) is 9.26. The second-order valence-corrected chi connectivity index (χ2v) is 3.87. The lowest BCUT2D eigenvalue weighted by Gasteiger charge is -2.33. The Balaban J connectivity index is 4.33. The summed E-state index contributed by atoms with van der Waals surface area (Å²) in [4.78, 5) is 0. The van der Waals surface area contributed by atoms with Gasteiger partial charge in [-0.25, -0.2) is 0 Å². The number of methoxy groups -OCH3 is 1. The summed E-state index contributed by atoms with van der Waals surface area (Å²) < 4.78 is 5.35. The fraction of sp³-hybridized carbons (Fsp3) is 0.818. The van der Waals surface area contributed by atoms with Gasteiger partial charge in [0.2, 0.25) is 0 Å². The van der Waals surface area contributed by atoms with Gasteiger partial charge in [-0.1, -0.05) is 26.3 Å². The number of hydrogen-bond donors (Lipinski definition) is 1. The van der Waals surface area contributed by atoms with Crippen molar-refractivity contribution in [2.45, 2.75) is 51.7 Å². The third-order valence-electron chi connectivity index (χ3n) is 2.54. The molecular weight excluding hydrogens is 164 g/mol. The highest BCUT2D eigenvalue weighted by Gasteiger charge is 2.32. The molecular formula is C11H22O2. The van der Waals surface area contributed by atoms with Gasteiger partial charge in [0, 0.05) is 7.11 Å². The zero-order valence-electron chi connectivity index (χ0n) is 9.26. The maximum atomic E-state index is 9.85. The maximum Gasteiger partial charge on any atom is 0.103 e. The van der Waals surface area contributed by atoms with Gasteiger partial charge in [-0.15, -0.1) is 0 Å². The molecule has 0 aliphatic heterocycles. The van der Waals surface area contributed by atoms with Gasteiger partial charge in [-0.3, -0.25) is 0 Å². The molecule has 0 aliphatic rings. The summed E-state index contributed by atoms with van der Waals surface area (Å²) in [5.74, 6) is 0. The van der Waals surface area contributed by atoms with Crippen LogP contribution in [0.3, 0.4) is 0 Å². The van der Waals surface area contributed by atoms with Crippen molar-refractivity contribution >= 4 is 0 Å². The monoisotopic (exact) mass is 186 g/mol. The lowest BCUT2D eigenvalue weighted by atomic mass is 9.89. The zero-order chi connectivity index (χ0) is 10.5. The maximum absolute atomic E-state index is 9.85. The first kappa shape index (κ1) is 12.7. The molecule has 0 saturated carbocycles. The highest BCUT2D eigenvalue weighted by molar-refractivity contribution is 5.06. The molecule has 2 heteroatoms. The summed E-state index contributed by atoms with van der Waals surface area (Å²) in [5, 5.41) is 9.85. The molecule has 0 aromatic heterocycles. The average Bonchev–Trinajstić information content (AvgIpc) is 2.12. The van der Waals surface area contributed by atoms with Gasteiger partial charge in [-0.2, -0.15) is 0 Å². The molecule has 0 saturated heterocycles. The van der Waals surface area contributed by atoms with Crippen LogP contribution in [0.25, 0.3) is 0 Å². The van der Waals surface area contributed by atoms with Crippen molar-refractivity contribution in [3.63, 3.8) is 0 Å². The van der Waals surface area contributed by atoms with Gasteiger partial charge in [0.25, 0.3) is 0 Å². The molecule has 2 atom stereocenters. The minimum atomic E-state index is -0.566. The van der Waals surface area contributed by atoms with E-state index in [0.29, 0.717) is 0 Å². The molecule has 2 nitrogen and oxygen atoms in total. The van der Waals surface area contributed by atoms with E-state index >= 15 is 0 Å². The third-order valence-corrected chi connectivity index (χ3v) is 2.54. The van der Waals surface area contributed by atoms with Crippen LogP contribution < -0.4 is 0 Å². The smallest absolute Gasteiger partial charge is 0.103 e. The van der Waals surface area contributed by atoms with Crippen molar-refractivity contribution in [1.29, 1.82) is 0 Å². The summed E-state index contributed by atoms with van der Waals surface area (Å²) in [7, 11) is 1.64. The van der Waals surface area contributed by atoms with Crippen molar-refractivity contribution in [2.75, 3.05) is 7.11 Å². The van der Waals surface area contributed by atoms with Crippen molar-refractivity contribution < 1.29 is 9.84 Å². The summed E-state index contributed by atoms with van der Waals surface area (Å²) in [6, 6.07) is 0. The molecule has 0 aromatic rings. The number of rotatable bonds is 6. The van der Waals surface area contributed by atoms with Crippen LogP contribution in [0.15, 0.2) is 12.2 Å². The summed E-state index contributed by atoms with van der Waals surface area (Å²) >= 11 is 0. The van der Waals surface area contributed by atoms with Gasteiger partial charge in [0.1, 0.15) is 6.10 Å². The second-order valence-electron chi connectivity index (χ2n) is 3.87. The Kier molecular flexibility index (Phi) is 5.26. The molecule has 0 spiro atoms. The molecule has 0 bridgehead atoms. The van der Waals surface area contributed by atoms with Crippen molar-refractivity contribution in [3.8, 4) is 0 Å². The Hall–Kier alpha value is -0.340. The van der Waals surface area contributed by atoms with Gasteiger partial charge in [0.05, 0.1) is 5.60 Å². The Morgan fingerprint density at radius 3 is 2.46 bits per heavy atom. The molecule has 0 fully saturated rings. The molecule has 0 rings (SSSR count).